The second kappa shape index (κ2) is 7.20. The molecule has 6 heteroatoms. The maximum absolute atomic E-state index is 12.2. The Labute approximate surface area is 152 Å². The predicted octanol–water partition coefficient (Wildman–Crippen LogP) is 5.25. The average molecular weight is 406 g/mol. The molecule has 24 heavy (non-hydrogen) atoms. The van der Waals surface area contributed by atoms with E-state index in [-0.39, 0.29) is 12.3 Å². The summed E-state index contributed by atoms with van der Waals surface area (Å²) in [6.07, 6.45) is 0.145. The van der Waals surface area contributed by atoms with Gasteiger partial charge in [-0.05, 0) is 55.0 Å². The molecule has 0 aliphatic rings. The molecular weight excluding hydrogens is 392 g/mol. The highest BCUT2D eigenvalue weighted by molar-refractivity contribution is 9.10. The molecule has 0 aliphatic carbocycles. The van der Waals surface area contributed by atoms with Crippen LogP contribution in [0.15, 0.2) is 57.5 Å². The third kappa shape index (κ3) is 4.04. The molecule has 1 heterocycles. The zero-order chi connectivity index (χ0) is 17.1. The van der Waals surface area contributed by atoms with Gasteiger partial charge in [0.25, 0.3) is 0 Å². The first-order valence-electron chi connectivity index (χ1n) is 7.29. The van der Waals surface area contributed by atoms with E-state index in [2.05, 4.69) is 26.4 Å². The summed E-state index contributed by atoms with van der Waals surface area (Å²) in [7, 11) is 0. The first-order valence-corrected chi connectivity index (χ1v) is 8.46. The number of carbonyl (C=O) groups is 1. The van der Waals surface area contributed by atoms with Crippen LogP contribution in [0.3, 0.4) is 0 Å². The summed E-state index contributed by atoms with van der Waals surface area (Å²) in [5, 5.41) is 7.50. The molecule has 1 aromatic heterocycles. The molecule has 122 valence electrons. The van der Waals surface area contributed by atoms with Crippen LogP contribution in [0.1, 0.15) is 11.3 Å². The molecular formula is C18H14BrClN2O2. The van der Waals surface area contributed by atoms with Gasteiger partial charge >= 0.3 is 0 Å². The summed E-state index contributed by atoms with van der Waals surface area (Å²) in [6.45, 7) is 1.94. The van der Waals surface area contributed by atoms with Crippen molar-refractivity contribution in [3.05, 3.63) is 69.3 Å². The van der Waals surface area contributed by atoms with Crippen LogP contribution in [0.4, 0.5) is 5.69 Å². The second-order valence-electron chi connectivity index (χ2n) is 5.37. The van der Waals surface area contributed by atoms with Crippen LogP contribution in [-0.2, 0) is 11.2 Å². The van der Waals surface area contributed by atoms with Crippen molar-refractivity contribution >= 4 is 39.1 Å². The van der Waals surface area contributed by atoms with Crippen LogP contribution in [-0.4, -0.2) is 11.1 Å². The van der Waals surface area contributed by atoms with Gasteiger partial charge in [-0.1, -0.05) is 32.7 Å². The van der Waals surface area contributed by atoms with E-state index in [1.807, 2.05) is 37.3 Å². The molecule has 3 rings (SSSR count). The average Bonchev–Trinajstić information content (AvgIpc) is 2.99. The topological polar surface area (TPSA) is 55.1 Å². The minimum absolute atomic E-state index is 0.142. The van der Waals surface area contributed by atoms with E-state index in [0.717, 1.165) is 21.3 Å². The molecule has 0 fully saturated rings. The number of anilines is 1. The van der Waals surface area contributed by atoms with E-state index >= 15 is 0 Å². The van der Waals surface area contributed by atoms with Crippen LogP contribution >= 0.6 is 27.5 Å². The van der Waals surface area contributed by atoms with Gasteiger partial charge in [-0.2, -0.15) is 0 Å². The fourth-order valence-electron chi connectivity index (χ4n) is 2.27. The van der Waals surface area contributed by atoms with Crippen LogP contribution in [0.5, 0.6) is 0 Å². The smallest absolute Gasteiger partial charge is 0.230 e. The normalized spacial score (nSPS) is 10.6. The summed E-state index contributed by atoms with van der Waals surface area (Å²) in [5.41, 5.74) is 3.21. The Morgan fingerprint density at radius 1 is 1.21 bits per heavy atom. The van der Waals surface area contributed by atoms with Crippen LogP contribution < -0.4 is 5.32 Å². The van der Waals surface area contributed by atoms with Crippen LogP contribution in [0.25, 0.3) is 11.3 Å². The quantitative estimate of drug-likeness (QED) is 0.645. The molecule has 1 amide bonds. The number of nitrogens with one attached hydrogen (secondary N) is 1. The van der Waals surface area contributed by atoms with Crippen molar-refractivity contribution in [2.75, 3.05) is 5.32 Å². The maximum Gasteiger partial charge on any atom is 0.230 e. The van der Waals surface area contributed by atoms with Crippen molar-refractivity contribution in [1.29, 1.82) is 0 Å². The van der Waals surface area contributed by atoms with E-state index in [1.54, 1.807) is 18.2 Å². The molecule has 0 atom stereocenters. The third-order valence-corrected chi connectivity index (χ3v) is 4.24. The zero-order valence-corrected chi connectivity index (χ0v) is 15.2. The fourth-order valence-corrected chi connectivity index (χ4v) is 2.87. The second-order valence-corrected chi connectivity index (χ2v) is 6.73. The monoisotopic (exact) mass is 404 g/mol. The van der Waals surface area contributed by atoms with E-state index < -0.39 is 0 Å². The number of aryl methyl sites for hydroxylation is 1. The predicted molar refractivity (Wildman–Crippen MR) is 98.2 cm³/mol. The Bertz CT molecular complexity index is 875. The van der Waals surface area contributed by atoms with E-state index in [4.69, 9.17) is 16.1 Å². The fraction of sp³-hybridized carbons (Fsp3) is 0.111. The van der Waals surface area contributed by atoms with Gasteiger partial charge in [0.2, 0.25) is 5.91 Å². The van der Waals surface area contributed by atoms with E-state index in [9.17, 15) is 4.79 Å². The standard InChI is InChI=1S/C18H14BrClN2O2/c1-11-8-13(19)4-7-16(11)21-18(23)10-15-9-17(24-22-15)12-2-5-14(20)6-3-12/h2-9H,10H2,1H3,(H,21,23). The molecule has 1 N–H and O–H groups in total. The molecule has 0 spiro atoms. The van der Waals surface area contributed by atoms with E-state index in [0.29, 0.717) is 16.5 Å². The zero-order valence-electron chi connectivity index (χ0n) is 12.8. The Morgan fingerprint density at radius 2 is 1.96 bits per heavy atom. The lowest BCUT2D eigenvalue weighted by atomic mass is 10.1. The van der Waals surface area contributed by atoms with Gasteiger partial charge in [0.1, 0.15) is 0 Å². The highest BCUT2D eigenvalue weighted by Crippen LogP contribution is 2.23. The van der Waals surface area contributed by atoms with Gasteiger partial charge in [0.15, 0.2) is 5.76 Å². The van der Waals surface area contributed by atoms with Crippen molar-refractivity contribution in [3.8, 4) is 11.3 Å². The Kier molecular flexibility index (Phi) is 5.02. The summed E-state index contributed by atoms with van der Waals surface area (Å²) in [6, 6.07) is 14.7. The summed E-state index contributed by atoms with van der Waals surface area (Å²) < 4.78 is 6.28. The summed E-state index contributed by atoms with van der Waals surface area (Å²) in [5.74, 6) is 0.464. The first-order chi connectivity index (χ1) is 11.5. The number of hydrogen-bond acceptors (Lipinski definition) is 3. The number of carbonyl (C=O) groups excluding carboxylic acids is 1. The minimum atomic E-state index is -0.142. The van der Waals surface area contributed by atoms with E-state index in [1.165, 1.54) is 0 Å². The Morgan fingerprint density at radius 3 is 2.67 bits per heavy atom. The third-order valence-electron chi connectivity index (χ3n) is 3.49. The lowest BCUT2D eigenvalue weighted by molar-refractivity contribution is -0.115. The van der Waals surface area contributed by atoms with Gasteiger partial charge in [0, 0.05) is 26.8 Å². The lowest BCUT2D eigenvalue weighted by Gasteiger charge is -2.07. The SMILES string of the molecule is Cc1cc(Br)ccc1NC(=O)Cc1cc(-c2ccc(Cl)cc2)on1. The molecule has 0 unspecified atom stereocenters. The summed E-state index contributed by atoms with van der Waals surface area (Å²) >= 11 is 9.27. The van der Waals surface area contributed by atoms with Crippen molar-refractivity contribution in [3.63, 3.8) is 0 Å². The van der Waals surface area contributed by atoms with Gasteiger partial charge < -0.3 is 9.84 Å². The number of halogens is 2. The van der Waals surface area contributed by atoms with Gasteiger partial charge in [0.05, 0.1) is 12.1 Å². The minimum Gasteiger partial charge on any atom is -0.356 e. The lowest BCUT2D eigenvalue weighted by Crippen LogP contribution is -2.15. The molecule has 0 bridgehead atoms. The molecule has 4 nitrogen and oxygen atoms in total. The highest BCUT2D eigenvalue weighted by atomic mass is 79.9. The number of benzene rings is 2. The first kappa shape index (κ1) is 16.7. The highest BCUT2D eigenvalue weighted by Gasteiger charge is 2.12. The molecule has 0 saturated heterocycles. The Balaban J connectivity index is 1.68. The molecule has 0 aliphatic heterocycles. The van der Waals surface area contributed by atoms with Gasteiger partial charge in [-0.3, -0.25) is 4.79 Å². The van der Waals surface area contributed by atoms with Crippen molar-refractivity contribution < 1.29 is 9.32 Å². The number of amides is 1. The van der Waals surface area contributed by atoms with Crippen LogP contribution in [0.2, 0.25) is 5.02 Å². The largest absolute Gasteiger partial charge is 0.356 e. The maximum atomic E-state index is 12.2. The molecule has 0 radical (unpaired) electrons. The molecule has 3 aromatic rings. The number of hydrogen-bond donors (Lipinski definition) is 1. The number of aromatic nitrogens is 1. The number of nitrogens with zero attached hydrogens (tertiary/aromatic N) is 1. The van der Waals surface area contributed by atoms with Gasteiger partial charge in [-0.15, -0.1) is 0 Å². The number of rotatable bonds is 4. The van der Waals surface area contributed by atoms with Gasteiger partial charge in [-0.25, -0.2) is 0 Å². The van der Waals surface area contributed by atoms with Crippen LogP contribution in [0, 0.1) is 6.92 Å². The van der Waals surface area contributed by atoms with Crippen molar-refractivity contribution in [1.82, 2.24) is 5.16 Å². The Hall–Kier alpha value is -2.11. The van der Waals surface area contributed by atoms with Crippen molar-refractivity contribution in [2.24, 2.45) is 0 Å². The molecule has 2 aromatic carbocycles. The summed E-state index contributed by atoms with van der Waals surface area (Å²) in [4.78, 5) is 12.2. The molecule has 0 saturated carbocycles. The van der Waals surface area contributed by atoms with Crippen molar-refractivity contribution in [2.45, 2.75) is 13.3 Å².